The number of hydrogen-bond acceptors (Lipinski definition) is 3. The number of likely N-dealkylation sites (N-methyl/N-ethyl adjacent to an activating group) is 1. The van der Waals surface area contributed by atoms with E-state index in [9.17, 15) is 5.11 Å². The third-order valence-electron chi connectivity index (χ3n) is 3.16. The third kappa shape index (κ3) is 7.32. The standard InChI is InChI=1S/C14H31NOS/c1-6-8-14(12-17,9-7-2)11-15(5)10-13(3,4)16/h16-17H,6-12H2,1-5H3. The lowest BCUT2D eigenvalue weighted by Crippen LogP contribution is -2.43. The van der Waals surface area contributed by atoms with Crippen LogP contribution in [0.5, 0.6) is 0 Å². The Bertz CT molecular complexity index is 195. The minimum absolute atomic E-state index is 0.312. The fourth-order valence-corrected chi connectivity index (χ4v) is 3.26. The van der Waals surface area contributed by atoms with E-state index in [1.165, 1.54) is 25.7 Å². The summed E-state index contributed by atoms with van der Waals surface area (Å²) in [5.41, 5.74) is -0.303. The van der Waals surface area contributed by atoms with Crippen molar-refractivity contribution in [2.24, 2.45) is 5.41 Å². The van der Waals surface area contributed by atoms with Gasteiger partial charge >= 0.3 is 0 Å². The zero-order valence-electron chi connectivity index (χ0n) is 12.3. The van der Waals surface area contributed by atoms with Gasteiger partial charge in [0.05, 0.1) is 5.60 Å². The fraction of sp³-hybridized carbons (Fsp3) is 1.00. The Morgan fingerprint density at radius 3 is 1.82 bits per heavy atom. The van der Waals surface area contributed by atoms with Crippen molar-refractivity contribution >= 4 is 12.6 Å². The molecule has 0 amide bonds. The van der Waals surface area contributed by atoms with Gasteiger partial charge in [-0.05, 0) is 44.9 Å². The summed E-state index contributed by atoms with van der Waals surface area (Å²) in [4.78, 5) is 2.25. The van der Waals surface area contributed by atoms with Gasteiger partial charge < -0.3 is 10.0 Å². The summed E-state index contributed by atoms with van der Waals surface area (Å²) in [6, 6.07) is 0. The Morgan fingerprint density at radius 2 is 1.53 bits per heavy atom. The maximum absolute atomic E-state index is 9.86. The first-order valence-electron chi connectivity index (χ1n) is 6.80. The second kappa shape index (κ2) is 7.65. The quantitative estimate of drug-likeness (QED) is 0.623. The largest absolute Gasteiger partial charge is 0.389 e. The average molecular weight is 261 g/mol. The van der Waals surface area contributed by atoms with Crippen molar-refractivity contribution in [1.82, 2.24) is 4.90 Å². The van der Waals surface area contributed by atoms with Gasteiger partial charge in [0.2, 0.25) is 0 Å². The molecule has 0 saturated carbocycles. The Hall–Kier alpha value is 0.270. The summed E-state index contributed by atoms with van der Waals surface area (Å²) in [5.74, 6) is 0.935. The molecule has 0 atom stereocenters. The Morgan fingerprint density at radius 1 is 1.06 bits per heavy atom. The SMILES string of the molecule is CCCC(CS)(CCC)CN(C)CC(C)(C)O. The predicted octanol–water partition coefficient (Wildman–Crippen LogP) is 3.21. The molecule has 0 aliphatic heterocycles. The van der Waals surface area contributed by atoms with E-state index in [1.54, 1.807) is 0 Å². The number of thiol groups is 1. The van der Waals surface area contributed by atoms with Gasteiger partial charge in [0.15, 0.2) is 0 Å². The first-order valence-corrected chi connectivity index (χ1v) is 7.43. The van der Waals surface area contributed by atoms with Crippen LogP contribution < -0.4 is 0 Å². The summed E-state index contributed by atoms with van der Waals surface area (Å²) < 4.78 is 0. The van der Waals surface area contributed by atoms with E-state index in [0.29, 0.717) is 5.41 Å². The van der Waals surface area contributed by atoms with Gasteiger partial charge in [-0.1, -0.05) is 26.7 Å². The second-order valence-electron chi connectivity index (χ2n) is 6.14. The van der Waals surface area contributed by atoms with Crippen molar-refractivity contribution in [3.8, 4) is 0 Å². The lowest BCUT2D eigenvalue weighted by Gasteiger charge is -2.37. The number of nitrogens with zero attached hydrogens (tertiary/aromatic N) is 1. The van der Waals surface area contributed by atoms with Gasteiger partial charge in [0, 0.05) is 13.1 Å². The second-order valence-corrected chi connectivity index (χ2v) is 6.46. The topological polar surface area (TPSA) is 23.5 Å². The van der Waals surface area contributed by atoms with Crippen molar-refractivity contribution in [1.29, 1.82) is 0 Å². The number of aliphatic hydroxyl groups is 1. The van der Waals surface area contributed by atoms with E-state index in [1.807, 2.05) is 13.8 Å². The third-order valence-corrected chi connectivity index (χ3v) is 3.83. The first kappa shape index (κ1) is 17.3. The fourth-order valence-electron chi connectivity index (χ4n) is 2.84. The highest BCUT2D eigenvalue weighted by Crippen LogP contribution is 2.32. The first-order chi connectivity index (χ1) is 7.78. The zero-order valence-corrected chi connectivity index (χ0v) is 13.2. The summed E-state index contributed by atoms with van der Waals surface area (Å²) in [5, 5.41) is 9.86. The Kier molecular flexibility index (Phi) is 7.77. The smallest absolute Gasteiger partial charge is 0.0718 e. The predicted molar refractivity (Wildman–Crippen MR) is 79.9 cm³/mol. The minimum Gasteiger partial charge on any atom is -0.389 e. The van der Waals surface area contributed by atoms with E-state index < -0.39 is 5.60 Å². The molecule has 0 unspecified atom stereocenters. The number of rotatable bonds is 9. The Balaban J connectivity index is 4.50. The zero-order chi connectivity index (χ0) is 13.5. The summed E-state index contributed by atoms with van der Waals surface area (Å²) in [6.45, 7) is 9.96. The maximum Gasteiger partial charge on any atom is 0.0718 e. The molecule has 0 radical (unpaired) electrons. The summed E-state index contributed by atoms with van der Waals surface area (Å²) in [6.07, 6.45) is 4.86. The number of hydrogen-bond donors (Lipinski definition) is 2. The lowest BCUT2D eigenvalue weighted by atomic mass is 9.80. The molecule has 1 N–H and O–H groups in total. The molecule has 17 heavy (non-hydrogen) atoms. The normalized spacial score (nSPS) is 13.4. The van der Waals surface area contributed by atoms with Gasteiger partial charge in [-0.2, -0.15) is 12.6 Å². The molecule has 0 aromatic carbocycles. The van der Waals surface area contributed by atoms with Gasteiger partial charge in [-0.15, -0.1) is 0 Å². The molecule has 0 aliphatic rings. The van der Waals surface area contributed by atoms with E-state index in [0.717, 1.165) is 18.8 Å². The summed E-state index contributed by atoms with van der Waals surface area (Å²) >= 11 is 4.57. The van der Waals surface area contributed by atoms with Crippen LogP contribution in [0.2, 0.25) is 0 Å². The molecular formula is C14H31NOS. The molecule has 0 aliphatic carbocycles. The van der Waals surface area contributed by atoms with Crippen molar-refractivity contribution in [3.63, 3.8) is 0 Å². The highest BCUT2D eigenvalue weighted by molar-refractivity contribution is 7.80. The molecule has 0 heterocycles. The van der Waals surface area contributed by atoms with Crippen molar-refractivity contribution in [2.75, 3.05) is 25.9 Å². The van der Waals surface area contributed by atoms with E-state index in [4.69, 9.17) is 0 Å². The van der Waals surface area contributed by atoms with Crippen LogP contribution >= 0.6 is 12.6 Å². The van der Waals surface area contributed by atoms with Gasteiger partial charge in [-0.25, -0.2) is 0 Å². The maximum atomic E-state index is 9.86. The molecule has 0 spiro atoms. The van der Waals surface area contributed by atoms with Crippen molar-refractivity contribution in [2.45, 2.75) is 59.0 Å². The van der Waals surface area contributed by atoms with Gasteiger partial charge in [0.1, 0.15) is 0 Å². The van der Waals surface area contributed by atoms with Gasteiger partial charge in [0.25, 0.3) is 0 Å². The monoisotopic (exact) mass is 261 g/mol. The van der Waals surface area contributed by atoms with Crippen molar-refractivity contribution in [3.05, 3.63) is 0 Å². The molecule has 3 heteroatoms. The van der Waals surface area contributed by atoms with Crippen LogP contribution in [0.4, 0.5) is 0 Å². The summed E-state index contributed by atoms with van der Waals surface area (Å²) in [7, 11) is 2.10. The van der Waals surface area contributed by atoms with E-state index in [2.05, 4.69) is 38.4 Å². The average Bonchev–Trinajstić information content (AvgIpc) is 2.15. The molecule has 2 nitrogen and oxygen atoms in total. The van der Waals surface area contributed by atoms with Crippen LogP contribution in [0.25, 0.3) is 0 Å². The van der Waals surface area contributed by atoms with Crippen LogP contribution in [-0.4, -0.2) is 41.5 Å². The molecule has 0 bridgehead atoms. The van der Waals surface area contributed by atoms with E-state index in [-0.39, 0.29) is 0 Å². The molecule has 0 aromatic heterocycles. The van der Waals surface area contributed by atoms with E-state index >= 15 is 0 Å². The highest BCUT2D eigenvalue weighted by atomic mass is 32.1. The molecule has 104 valence electrons. The highest BCUT2D eigenvalue weighted by Gasteiger charge is 2.29. The van der Waals surface area contributed by atoms with Crippen LogP contribution in [0, 0.1) is 5.41 Å². The van der Waals surface area contributed by atoms with Crippen molar-refractivity contribution < 1.29 is 5.11 Å². The minimum atomic E-state index is -0.616. The van der Waals surface area contributed by atoms with Crippen LogP contribution in [0.3, 0.4) is 0 Å². The molecule has 0 saturated heterocycles. The van der Waals surface area contributed by atoms with Gasteiger partial charge in [-0.3, -0.25) is 0 Å². The van der Waals surface area contributed by atoms with Crippen LogP contribution in [-0.2, 0) is 0 Å². The Labute approximate surface area is 113 Å². The molecule has 0 fully saturated rings. The van der Waals surface area contributed by atoms with Crippen LogP contribution in [0.1, 0.15) is 53.4 Å². The molecular weight excluding hydrogens is 230 g/mol. The lowest BCUT2D eigenvalue weighted by molar-refractivity contribution is 0.0303. The molecule has 0 rings (SSSR count). The molecule has 0 aromatic rings. The van der Waals surface area contributed by atoms with Crippen LogP contribution in [0.15, 0.2) is 0 Å².